The van der Waals surface area contributed by atoms with Crippen molar-refractivity contribution in [3.63, 3.8) is 0 Å². The monoisotopic (exact) mass is 434 g/mol. The number of unbranched alkanes of at least 4 members (excludes halogenated alkanes) is 3. The molecule has 0 aromatic rings. The van der Waals surface area contributed by atoms with Crippen LogP contribution in [0.15, 0.2) is 0 Å². The predicted octanol–water partition coefficient (Wildman–Crippen LogP) is 6.35. The van der Waals surface area contributed by atoms with E-state index in [-0.39, 0.29) is 16.9 Å². The maximum atomic E-state index is 11.6. The Kier molecular flexibility index (Phi) is 6.91. The first kappa shape index (κ1) is 24.0. The lowest BCUT2D eigenvalue weighted by Crippen LogP contribution is -2.59. The summed E-state index contributed by atoms with van der Waals surface area (Å²) < 4.78 is 5.71. The lowest BCUT2D eigenvalue weighted by molar-refractivity contribution is -0.181. The summed E-state index contributed by atoms with van der Waals surface area (Å²) in [6.45, 7) is 9.41. The van der Waals surface area contributed by atoms with Crippen LogP contribution in [0.3, 0.4) is 0 Å². The quantitative estimate of drug-likeness (QED) is 0.459. The largest absolute Gasteiger partial charge is 0.393 e. The molecule has 4 aliphatic rings. The maximum absolute atomic E-state index is 11.6. The Labute approximate surface area is 191 Å². The number of hydrogen-bond donors (Lipinski definition) is 2. The minimum absolute atomic E-state index is 0.180. The fraction of sp³-hybridized carbons (Fsp3) is 1.00. The first-order valence-electron chi connectivity index (χ1n) is 13.6. The van der Waals surface area contributed by atoms with Crippen LogP contribution in [0.1, 0.15) is 111 Å². The van der Waals surface area contributed by atoms with Gasteiger partial charge in [-0.25, -0.2) is 0 Å². The van der Waals surface area contributed by atoms with Gasteiger partial charge in [0.05, 0.1) is 17.8 Å². The van der Waals surface area contributed by atoms with E-state index in [1.807, 2.05) is 7.11 Å². The van der Waals surface area contributed by atoms with E-state index in [0.717, 1.165) is 38.0 Å². The van der Waals surface area contributed by atoms with Gasteiger partial charge in [0.15, 0.2) is 0 Å². The summed E-state index contributed by atoms with van der Waals surface area (Å²) >= 11 is 0. The highest BCUT2D eigenvalue weighted by atomic mass is 16.5. The van der Waals surface area contributed by atoms with Gasteiger partial charge in [-0.05, 0) is 105 Å². The average molecular weight is 435 g/mol. The Morgan fingerprint density at radius 2 is 1.61 bits per heavy atom. The average Bonchev–Trinajstić information content (AvgIpc) is 3.09. The molecular formula is C28H50O3. The SMILES string of the molecule is CCCCCC[C@](C)(O)[C@H]1CC[C@H]2[C@@H]3C[C@H](O)[C@H]4C[C@@H](OC)CC[C@]4(C)[C@H]3CC[C@@]21C. The Morgan fingerprint density at radius 3 is 2.32 bits per heavy atom. The molecule has 0 radical (unpaired) electrons. The second-order valence-corrected chi connectivity index (χ2v) is 12.8. The summed E-state index contributed by atoms with van der Waals surface area (Å²) in [4.78, 5) is 0. The molecule has 0 saturated heterocycles. The van der Waals surface area contributed by atoms with E-state index in [4.69, 9.17) is 4.74 Å². The van der Waals surface area contributed by atoms with Crippen LogP contribution in [-0.4, -0.2) is 35.1 Å². The first-order valence-corrected chi connectivity index (χ1v) is 13.6. The van der Waals surface area contributed by atoms with Crippen LogP contribution >= 0.6 is 0 Å². The van der Waals surface area contributed by atoms with E-state index in [2.05, 4.69) is 27.7 Å². The highest BCUT2D eigenvalue weighted by Gasteiger charge is 2.63. The van der Waals surface area contributed by atoms with E-state index in [1.165, 1.54) is 51.4 Å². The summed E-state index contributed by atoms with van der Waals surface area (Å²) in [5.74, 6) is 2.86. The second kappa shape index (κ2) is 8.91. The third kappa shape index (κ3) is 4.03. The molecule has 4 saturated carbocycles. The molecule has 10 atom stereocenters. The lowest BCUT2D eigenvalue weighted by atomic mass is 9.43. The van der Waals surface area contributed by atoms with E-state index >= 15 is 0 Å². The van der Waals surface area contributed by atoms with Crippen molar-refractivity contribution in [1.82, 2.24) is 0 Å². The molecule has 31 heavy (non-hydrogen) atoms. The van der Waals surface area contributed by atoms with Crippen molar-refractivity contribution in [1.29, 1.82) is 0 Å². The van der Waals surface area contributed by atoms with Crippen molar-refractivity contribution in [2.24, 2.45) is 40.4 Å². The zero-order chi connectivity index (χ0) is 22.4. The van der Waals surface area contributed by atoms with Crippen LogP contribution < -0.4 is 0 Å². The number of aliphatic hydroxyl groups excluding tert-OH is 1. The normalized spacial score (nSPS) is 49.1. The van der Waals surface area contributed by atoms with Crippen LogP contribution in [0, 0.1) is 40.4 Å². The van der Waals surface area contributed by atoms with Crippen molar-refractivity contribution in [2.45, 2.75) is 129 Å². The summed E-state index contributed by atoms with van der Waals surface area (Å²) in [6, 6.07) is 0. The van der Waals surface area contributed by atoms with Crippen LogP contribution in [0.5, 0.6) is 0 Å². The number of ether oxygens (including phenoxy) is 1. The Hall–Kier alpha value is -0.120. The van der Waals surface area contributed by atoms with Gasteiger partial charge in [-0.15, -0.1) is 0 Å². The third-order valence-corrected chi connectivity index (χ3v) is 11.3. The summed E-state index contributed by atoms with van der Waals surface area (Å²) in [7, 11) is 1.84. The van der Waals surface area contributed by atoms with Crippen LogP contribution in [0.2, 0.25) is 0 Å². The number of methoxy groups -OCH3 is 1. The summed E-state index contributed by atoms with van der Waals surface area (Å²) in [6.07, 6.45) is 15.4. The van der Waals surface area contributed by atoms with Crippen LogP contribution in [-0.2, 0) is 4.74 Å². The van der Waals surface area contributed by atoms with E-state index < -0.39 is 5.60 Å². The van der Waals surface area contributed by atoms with Crippen molar-refractivity contribution >= 4 is 0 Å². The van der Waals surface area contributed by atoms with E-state index in [9.17, 15) is 10.2 Å². The third-order valence-electron chi connectivity index (χ3n) is 11.3. The predicted molar refractivity (Wildman–Crippen MR) is 127 cm³/mol. The van der Waals surface area contributed by atoms with E-state index in [0.29, 0.717) is 29.8 Å². The minimum atomic E-state index is -0.541. The van der Waals surface area contributed by atoms with Gasteiger partial charge in [0, 0.05) is 7.11 Å². The molecule has 3 heteroatoms. The van der Waals surface area contributed by atoms with Gasteiger partial charge in [-0.3, -0.25) is 0 Å². The highest BCUT2D eigenvalue weighted by molar-refractivity contribution is 5.13. The molecular weight excluding hydrogens is 384 g/mol. The topological polar surface area (TPSA) is 49.7 Å². The molecule has 0 aromatic heterocycles. The molecule has 0 heterocycles. The number of hydrogen-bond acceptors (Lipinski definition) is 3. The Balaban J connectivity index is 1.51. The minimum Gasteiger partial charge on any atom is -0.393 e. The van der Waals surface area contributed by atoms with Gasteiger partial charge in [0.25, 0.3) is 0 Å². The first-order chi connectivity index (χ1) is 14.7. The smallest absolute Gasteiger partial charge is 0.0653 e. The highest BCUT2D eigenvalue weighted by Crippen LogP contribution is 2.68. The van der Waals surface area contributed by atoms with Gasteiger partial charge in [-0.2, -0.15) is 0 Å². The van der Waals surface area contributed by atoms with Crippen LogP contribution in [0.4, 0.5) is 0 Å². The number of fused-ring (bicyclic) bond motifs is 5. The van der Waals surface area contributed by atoms with Crippen LogP contribution in [0.25, 0.3) is 0 Å². The van der Waals surface area contributed by atoms with Crippen molar-refractivity contribution in [3.8, 4) is 0 Å². The summed E-state index contributed by atoms with van der Waals surface area (Å²) in [5, 5.41) is 22.9. The van der Waals surface area contributed by atoms with E-state index in [1.54, 1.807) is 0 Å². The van der Waals surface area contributed by atoms with Gasteiger partial charge in [0.1, 0.15) is 0 Å². The lowest BCUT2D eigenvalue weighted by Gasteiger charge is -2.62. The molecule has 0 unspecified atom stereocenters. The standard InChI is InChI=1S/C28H50O3/c1-6-7-8-9-14-28(4,30)25-11-10-21-20-18-24(29)23-17-19(31-5)12-15-26(23,2)22(20)13-16-27(21,25)3/h19-25,29-30H,6-18H2,1-5H3/t19-,20-,21-,22-,23+,24-,25-,26+,27-,28-/m0/s1. The zero-order valence-corrected chi connectivity index (χ0v) is 21.0. The molecule has 0 bridgehead atoms. The molecule has 0 aromatic carbocycles. The zero-order valence-electron chi connectivity index (χ0n) is 21.0. The fourth-order valence-corrected chi connectivity index (χ4v) is 9.58. The molecule has 180 valence electrons. The molecule has 0 amide bonds. The summed E-state index contributed by atoms with van der Waals surface area (Å²) in [5.41, 5.74) is -0.0398. The molecule has 4 fully saturated rings. The molecule has 0 aliphatic heterocycles. The maximum Gasteiger partial charge on any atom is 0.0653 e. The second-order valence-electron chi connectivity index (χ2n) is 12.8. The van der Waals surface area contributed by atoms with Crippen molar-refractivity contribution < 1.29 is 14.9 Å². The van der Waals surface area contributed by atoms with Crippen molar-refractivity contribution in [3.05, 3.63) is 0 Å². The number of rotatable bonds is 7. The molecule has 0 spiro atoms. The molecule has 4 aliphatic carbocycles. The molecule has 3 nitrogen and oxygen atoms in total. The molecule has 2 N–H and O–H groups in total. The van der Waals surface area contributed by atoms with Crippen molar-refractivity contribution in [2.75, 3.05) is 7.11 Å². The Morgan fingerprint density at radius 1 is 0.903 bits per heavy atom. The van der Waals surface area contributed by atoms with Gasteiger partial charge >= 0.3 is 0 Å². The van der Waals surface area contributed by atoms with Gasteiger partial charge in [-0.1, -0.05) is 46.5 Å². The number of aliphatic hydroxyl groups is 2. The van der Waals surface area contributed by atoms with Gasteiger partial charge < -0.3 is 14.9 Å². The molecule has 4 rings (SSSR count). The Bertz CT molecular complexity index is 617. The fourth-order valence-electron chi connectivity index (χ4n) is 9.58. The van der Waals surface area contributed by atoms with Gasteiger partial charge in [0.2, 0.25) is 0 Å².